The van der Waals surface area contributed by atoms with Gasteiger partial charge in [-0.2, -0.15) is 17.0 Å². The van der Waals surface area contributed by atoms with Crippen LogP contribution < -0.4 is 0 Å². The monoisotopic (exact) mass is 304 g/mol. The predicted octanol–water partition coefficient (Wildman–Crippen LogP) is 1.59. The second-order valence-corrected chi connectivity index (χ2v) is 8.33. The number of rotatable bonds is 4. The summed E-state index contributed by atoms with van der Waals surface area (Å²) in [5.41, 5.74) is 0. The molecule has 20 heavy (non-hydrogen) atoms. The molecule has 2 rings (SSSR count). The van der Waals surface area contributed by atoms with Crippen LogP contribution in [0.2, 0.25) is 0 Å². The molecule has 0 radical (unpaired) electrons. The molecule has 0 aromatic carbocycles. The van der Waals surface area contributed by atoms with Crippen molar-refractivity contribution in [2.24, 2.45) is 5.92 Å². The highest BCUT2D eigenvalue weighted by atomic mass is 32.2. The minimum Gasteiger partial charge on any atom is -0.395 e. The second kappa shape index (κ2) is 6.73. The van der Waals surface area contributed by atoms with Crippen LogP contribution in [0.15, 0.2) is 0 Å². The van der Waals surface area contributed by atoms with Gasteiger partial charge in [0.2, 0.25) is 0 Å². The van der Waals surface area contributed by atoms with Crippen molar-refractivity contribution < 1.29 is 13.5 Å². The van der Waals surface area contributed by atoms with Crippen molar-refractivity contribution in [2.75, 3.05) is 20.2 Å². The van der Waals surface area contributed by atoms with E-state index in [1.807, 2.05) is 0 Å². The largest absolute Gasteiger partial charge is 0.395 e. The van der Waals surface area contributed by atoms with E-state index in [1.165, 1.54) is 10.7 Å². The number of aliphatic hydroxyl groups is 1. The van der Waals surface area contributed by atoms with Gasteiger partial charge in [-0.05, 0) is 31.6 Å². The van der Waals surface area contributed by atoms with Crippen LogP contribution in [0, 0.1) is 5.92 Å². The van der Waals surface area contributed by atoms with Gasteiger partial charge in [0, 0.05) is 25.7 Å². The van der Waals surface area contributed by atoms with E-state index < -0.39 is 10.2 Å². The molecule has 0 amide bonds. The molecule has 6 heteroatoms. The molecule has 1 aliphatic heterocycles. The fourth-order valence-corrected chi connectivity index (χ4v) is 5.35. The van der Waals surface area contributed by atoms with Crippen molar-refractivity contribution in [1.82, 2.24) is 8.61 Å². The van der Waals surface area contributed by atoms with Crippen LogP contribution in [0.5, 0.6) is 0 Å². The Morgan fingerprint density at radius 2 is 1.95 bits per heavy atom. The normalized spacial score (nSPS) is 33.5. The summed E-state index contributed by atoms with van der Waals surface area (Å²) in [6, 6.07) is -0.123. The Hall–Kier alpha value is -0.170. The van der Waals surface area contributed by atoms with E-state index in [0.717, 1.165) is 38.5 Å². The summed E-state index contributed by atoms with van der Waals surface area (Å²) in [4.78, 5) is 0. The van der Waals surface area contributed by atoms with Gasteiger partial charge in [0.05, 0.1) is 6.61 Å². The van der Waals surface area contributed by atoms with Gasteiger partial charge in [-0.1, -0.05) is 26.2 Å². The third-order valence-corrected chi connectivity index (χ3v) is 6.97. The molecule has 5 nitrogen and oxygen atoms in total. The maximum atomic E-state index is 12.8. The summed E-state index contributed by atoms with van der Waals surface area (Å²) in [6.45, 7) is 2.67. The number of nitrogens with zero attached hydrogens (tertiary/aromatic N) is 2. The van der Waals surface area contributed by atoms with Gasteiger partial charge < -0.3 is 5.11 Å². The molecule has 0 aromatic heterocycles. The zero-order valence-electron chi connectivity index (χ0n) is 12.7. The standard InChI is InChI=1S/C14H28N2O3S/c1-12-6-5-8-13(10-12)15(2)20(18,19)16-9-4-3-7-14(16)11-17/h12-14,17H,3-11H2,1-2H3. The molecule has 1 N–H and O–H groups in total. The van der Waals surface area contributed by atoms with Crippen LogP contribution in [0.25, 0.3) is 0 Å². The molecule has 2 fully saturated rings. The van der Waals surface area contributed by atoms with Crippen LogP contribution in [-0.2, 0) is 10.2 Å². The van der Waals surface area contributed by atoms with Gasteiger partial charge in [0.25, 0.3) is 10.2 Å². The van der Waals surface area contributed by atoms with Crippen molar-refractivity contribution in [3.8, 4) is 0 Å². The van der Waals surface area contributed by atoms with Crippen LogP contribution >= 0.6 is 0 Å². The molecule has 3 unspecified atom stereocenters. The molecule has 1 saturated heterocycles. The Kier molecular flexibility index (Phi) is 5.45. The summed E-state index contributed by atoms with van der Waals surface area (Å²) in [5, 5.41) is 9.43. The van der Waals surface area contributed by atoms with E-state index >= 15 is 0 Å². The summed E-state index contributed by atoms with van der Waals surface area (Å²) in [5.74, 6) is 0.599. The Balaban J connectivity index is 2.11. The van der Waals surface area contributed by atoms with E-state index in [1.54, 1.807) is 11.4 Å². The topological polar surface area (TPSA) is 60.9 Å². The molecule has 1 saturated carbocycles. The first-order valence-corrected chi connectivity index (χ1v) is 9.22. The zero-order valence-corrected chi connectivity index (χ0v) is 13.5. The molecule has 118 valence electrons. The Morgan fingerprint density at radius 1 is 1.20 bits per heavy atom. The average Bonchev–Trinajstić information content (AvgIpc) is 2.46. The van der Waals surface area contributed by atoms with Gasteiger partial charge in [0.15, 0.2) is 0 Å². The van der Waals surface area contributed by atoms with Gasteiger partial charge in [-0.3, -0.25) is 0 Å². The summed E-state index contributed by atoms with van der Waals surface area (Å²) in [6.07, 6.45) is 6.88. The summed E-state index contributed by atoms with van der Waals surface area (Å²) >= 11 is 0. The summed E-state index contributed by atoms with van der Waals surface area (Å²) < 4.78 is 28.7. The van der Waals surface area contributed by atoms with E-state index in [-0.39, 0.29) is 18.7 Å². The number of hydrogen-bond acceptors (Lipinski definition) is 3. The van der Waals surface area contributed by atoms with Crippen LogP contribution in [-0.4, -0.2) is 54.4 Å². The first-order valence-electron chi connectivity index (χ1n) is 7.82. The van der Waals surface area contributed by atoms with E-state index in [0.29, 0.717) is 12.5 Å². The maximum absolute atomic E-state index is 12.8. The first kappa shape index (κ1) is 16.2. The lowest BCUT2D eigenvalue weighted by Gasteiger charge is -2.40. The van der Waals surface area contributed by atoms with Crippen LogP contribution in [0.3, 0.4) is 0 Å². The molecular weight excluding hydrogens is 276 g/mol. The molecule has 3 atom stereocenters. The highest BCUT2D eigenvalue weighted by molar-refractivity contribution is 7.86. The Bertz CT molecular complexity index is 413. The van der Waals surface area contributed by atoms with Gasteiger partial charge in [-0.15, -0.1) is 0 Å². The lowest BCUT2D eigenvalue weighted by Crippen LogP contribution is -2.53. The second-order valence-electron chi connectivity index (χ2n) is 6.39. The van der Waals surface area contributed by atoms with Gasteiger partial charge in [0.1, 0.15) is 0 Å². The molecule has 0 spiro atoms. The number of aliphatic hydroxyl groups excluding tert-OH is 1. The van der Waals surface area contributed by atoms with E-state index in [2.05, 4.69) is 6.92 Å². The SMILES string of the molecule is CC1CCCC(N(C)S(=O)(=O)N2CCCCC2CO)C1. The van der Waals surface area contributed by atoms with Crippen molar-refractivity contribution in [2.45, 2.75) is 64.0 Å². The first-order chi connectivity index (χ1) is 9.46. The average molecular weight is 304 g/mol. The third kappa shape index (κ3) is 3.35. The molecule has 0 bridgehead atoms. The van der Waals surface area contributed by atoms with E-state index in [4.69, 9.17) is 0 Å². The Morgan fingerprint density at radius 3 is 2.60 bits per heavy atom. The fourth-order valence-electron chi connectivity index (χ4n) is 3.55. The van der Waals surface area contributed by atoms with Gasteiger partial charge >= 0.3 is 0 Å². The minimum absolute atomic E-state index is 0.0753. The fraction of sp³-hybridized carbons (Fsp3) is 1.00. The third-order valence-electron chi connectivity index (χ3n) is 4.87. The quantitative estimate of drug-likeness (QED) is 0.858. The number of piperidine rings is 1. The van der Waals surface area contributed by atoms with Gasteiger partial charge in [-0.25, -0.2) is 0 Å². The highest BCUT2D eigenvalue weighted by Crippen LogP contribution is 2.30. The lowest BCUT2D eigenvalue weighted by molar-refractivity contribution is 0.142. The molecule has 2 aliphatic rings. The van der Waals surface area contributed by atoms with Crippen LogP contribution in [0.4, 0.5) is 0 Å². The van der Waals surface area contributed by atoms with Crippen molar-refractivity contribution in [3.05, 3.63) is 0 Å². The van der Waals surface area contributed by atoms with Crippen LogP contribution in [0.1, 0.15) is 51.9 Å². The predicted molar refractivity (Wildman–Crippen MR) is 79.5 cm³/mol. The smallest absolute Gasteiger partial charge is 0.282 e. The van der Waals surface area contributed by atoms with Crippen molar-refractivity contribution in [1.29, 1.82) is 0 Å². The van der Waals surface area contributed by atoms with E-state index in [9.17, 15) is 13.5 Å². The maximum Gasteiger partial charge on any atom is 0.282 e. The number of hydrogen-bond donors (Lipinski definition) is 1. The molecule has 1 aliphatic carbocycles. The minimum atomic E-state index is -3.44. The zero-order chi connectivity index (χ0) is 14.8. The lowest BCUT2D eigenvalue weighted by atomic mass is 9.87. The Labute approximate surface area is 123 Å². The molecular formula is C14H28N2O3S. The van der Waals surface area contributed by atoms with Crippen molar-refractivity contribution in [3.63, 3.8) is 0 Å². The summed E-state index contributed by atoms with van der Waals surface area (Å²) in [7, 11) is -1.73. The molecule has 1 heterocycles. The highest BCUT2D eigenvalue weighted by Gasteiger charge is 2.38. The van der Waals surface area contributed by atoms with Crippen molar-refractivity contribution >= 4 is 10.2 Å². The molecule has 0 aromatic rings.